The highest BCUT2D eigenvalue weighted by molar-refractivity contribution is 6.76. The Morgan fingerprint density at radius 3 is 2.36 bits per heavy atom. The number of hydrogen-bond donors (Lipinski definition) is 5. The fraction of sp³-hybridized carbons (Fsp3) is 0.500. The Morgan fingerprint density at radius 2 is 1.81 bits per heavy atom. The highest BCUT2D eigenvalue weighted by Crippen LogP contribution is 2.53. The normalized spacial score (nSPS) is 28.2. The van der Waals surface area contributed by atoms with E-state index in [9.17, 15) is 34.8 Å². The first kappa shape index (κ1) is 26.1. The molecule has 1 aromatic rings. The molecule has 0 aliphatic heterocycles. The van der Waals surface area contributed by atoms with Gasteiger partial charge in [-0.3, -0.25) is 19.3 Å². The Bertz CT molecular complexity index is 1240. The molecule has 1 saturated carbocycles. The van der Waals surface area contributed by atoms with Crippen LogP contribution in [0.1, 0.15) is 23.1 Å². The van der Waals surface area contributed by atoms with Crippen LogP contribution in [-0.4, -0.2) is 76.6 Å². The molecular weight excluding hydrogens is 480 g/mol. The molecule has 36 heavy (non-hydrogen) atoms. The molecule has 0 bridgehead atoms. The number of nitrogens with zero attached hydrogens (tertiary/aromatic N) is 1. The van der Waals surface area contributed by atoms with Crippen molar-refractivity contribution in [3.05, 3.63) is 45.7 Å². The maximum absolute atomic E-state index is 13.8. The Morgan fingerprint density at radius 1 is 1.17 bits per heavy atom. The van der Waals surface area contributed by atoms with Crippen molar-refractivity contribution >= 4 is 31.3 Å². The number of primary amides is 1. The van der Waals surface area contributed by atoms with Crippen molar-refractivity contribution in [1.82, 2.24) is 4.90 Å². The van der Waals surface area contributed by atoms with E-state index in [1.165, 1.54) is 11.0 Å². The average Bonchev–Trinajstić information content (AvgIpc) is 2.74. The quantitative estimate of drug-likeness (QED) is 0.294. The van der Waals surface area contributed by atoms with Crippen LogP contribution in [-0.2, 0) is 27.2 Å². The Kier molecular flexibility index (Phi) is 6.22. The molecular formula is C26H34N2O7Si. The molecule has 0 spiro atoms. The summed E-state index contributed by atoms with van der Waals surface area (Å²) in [5.74, 6) is -6.33. The van der Waals surface area contributed by atoms with Gasteiger partial charge in [0, 0.05) is 19.6 Å². The molecule has 0 unspecified atom stereocenters. The number of aromatic hydroxyl groups is 1. The van der Waals surface area contributed by atoms with Crippen LogP contribution in [0.4, 0.5) is 0 Å². The number of ketones is 2. The van der Waals surface area contributed by atoms with E-state index in [1.54, 1.807) is 14.1 Å². The summed E-state index contributed by atoms with van der Waals surface area (Å²) in [5, 5.41) is 44.4. The number of aryl methyl sites for hydroxylation is 1. The van der Waals surface area contributed by atoms with E-state index in [2.05, 4.69) is 19.6 Å². The monoisotopic (exact) mass is 514 g/mol. The van der Waals surface area contributed by atoms with E-state index in [0.717, 1.165) is 23.6 Å². The number of phenolic OH excluding ortho intramolecular Hbond substituents is 1. The highest BCUT2D eigenvalue weighted by atomic mass is 28.3. The van der Waals surface area contributed by atoms with E-state index in [-0.39, 0.29) is 23.3 Å². The molecule has 3 aliphatic carbocycles. The maximum Gasteiger partial charge on any atom is 0.255 e. The number of carbonyl (C=O) groups excluding carboxylic acids is 3. The van der Waals surface area contributed by atoms with E-state index < -0.39 is 66.1 Å². The van der Waals surface area contributed by atoms with Gasteiger partial charge >= 0.3 is 0 Å². The van der Waals surface area contributed by atoms with Gasteiger partial charge in [0.05, 0.1) is 11.6 Å². The number of likely N-dealkylation sites (N-methyl/N-ethyl adjacent to an activating group) is 1. The van der Waals surface area contributed by atoms with Crippen LogP contribution >= 0.6 is 0 Å². The third-order valence-electron chi connectivity index (χ3n) is 7.85. The summed E-state index contributed by atoms with van der Waals surface area (Å²) < 4.78 is 0. The number of amides is 1. The van der Waals surface area contributed by atoms with Crippen LogP contribution < -0.4 is 5.73 Å². The van der Waals surface area contributed by atoms with Crippen molar-refractivity contribution in [3.8, 4) is 5.75 Å². The zero-order chi connectivity index (χ0) is 26.9. The molecule has 9 nitrogen and oxygen atoms in total. The van der Waals surface area contributed by atoms with Crippen molar-refractivity contribution in [2.24, 2.45) is 17.6 Å². The first-order chi connectivity index (χ1) is 16.6. The number of rotatable bonds is 5. The molecule has 10 heteroatoms. The smallest absolute Gasteiger partial charge is 0.255 e. The van der Waals surface area contributed by atoms with Gasteiger partial charge < -0.3 is 26.2 Å². The third kappa shape index (κ3) is 3.79. The summed E-state index contributed by atoms with van der Waals surface area (Å²) in [6.07, 6.45) is 1.18. The molecule has 6 N–H and O–H groups in total. The number of nitrogens with two attached hydrogens (primary N) is 1. The highest BCUT2D eigenvalue weighted by Gasteiger charge is 2.64. The van der Waals surface area contributed by atoms with Gasteiger partial charge in [0.15, 0.2) is 11.4 Å². The summed E-state index contributed by atoms with van der Waals surface area (Å²) in [6.45, 7) is 6.79. The molecule has 4 atom stereocenters. The van der Waals surface area contributed by atoms with Crippen molar-refractivity contribution in [2.75, 3.05) is 14.1 Å². The van der Waals surface area contributed by atoms with E-state index in [4.69, 9.17) is 5.73 Å². The molecule has 1 fully saturated rings. The van der Waals surface area contributed by atoms with Crippen LogP contribution in [0.25, 0.3) is 5.76 Å². The minimum absolute atomic E-state index is 0.0921. The summed E-state index contributed by atoms with van der Waals surface area (Å²) in [5.41, 5.74) is 3.67. The lowest BCUT2D eigenvalue weighted by atomic mass is 9.57. The number of aliphatic hydroxyl groups excluding tert-OH is 2. The zero-order valence-electron chi connectivity index (χ0n) is 21.3. The predicted molar refractivity (Wildman–Crippen MR) is 136 cm³/mol. The van der Waals surface area contributed by atoms with Gasteiger partial charge in [0.1, 0.15) is 22.8 Å². The van der Waals surface area contributed by atoms with Crippen LogP contribution in [0.5, 0.6) is 5.75 Å². The zero-order valence-corrected chi connectivity index (χ0v) is 22.3. The molecule has 194 valence electrons. The van der Waals surface area contributed by atoms with Crippen molar-refractivity contribution in [2.45, 2.75) is 56.6 Å². The van der Waals surface area contributed by atoms with Gasteiger partial charge in [-0.2, -0.15) is 0 Å². The van der Waals surface area contributed by atoms with Crippen molar-refractivity contribution in [1.29, 1.82) is 0 Å². The molecule has 0 radical (unpaired) electrons. The van der Waals surface area contributed by atoms with Crippen molar-refractivity contribution in [3.63, 3.8) is 0 Å². The fourth-order valence-electron chi connectivity index (χ4n) is 6.05. The molecule has 0 saturated heterocycles. The van der Waals surface area contributed by atoms with Crippen molar-refractivity contribution < 1.29 is 34.8 Å². The fourth-order valence-corrected chi connectivity index (χ4v) is 7.07. The van der Waals surface area contributed by atoms with E-state index >= 15 is 0 Å². The van der Waals surface area contributed by atoms with Crippen LogP contribution in [0.2, 0.25) is 25.7 Å². The number of Topliss-reactive ketones (excluding diaryl/α,β-unsaturated/α-hetero) is 2. The SMILES string of the molecule is CN(C)[C@@H]1C(=O)C(C(N)=O)=C(O)[C@@]2(O)C(=O)C3=C(O)c4c(O)ccc(CC[Si](C)(C)C)c4C[C@H]3C[C@@H]12. The number of phenols is 1. The second-order valence-corrected chi connectivity index (χ2v) is 17.2. The largest absolute Gasteiger partial charge is 0.508 e. The standard InChI is InChI=1S/C26H34N2O7Si/c1-28(2)20-15-11-13-10-14-12(8-9-36(3,4)5)6-7-16(29)18(14)21(30)17(13)23(32)26(15,35)24(33)19(22(20)31)25(27)34/h6-7,13,15,20,29-30,33,35H,8-11H2,1-5H3,(H2,27,34)/t13-,15-,20-,26-/m0/s1. The van der Waals surface area contributed by atoms with Gasteiger partial charge in [-0.15, -0.1) is 0 Å². The number of hydrogen-bond acceptors (Lipinski definition) is 8. The summed E-state index contributed by atoms with van der Waals surface area (Å²) in [6, 6.07) is 3.25. The van der Waals surface area contributed by atoms with E-state index in [0.29, 0.717) is 6.42 Å². The molecule has 1 aromatic carbocycles. The minimum atomic E-state index is -2.62. The summed E-state index contributed by atoms with van der Waals surface area (Å²) in [7, 11) is 1.78. The van der Waals surface area contributed by atoms with Crippen LogP contribution in [0.15, 0.2) is 29.0 Å². The molecule has 3 aliphatic rings. The predicted octanol–water partition coefficient (Wildman–Crippen LogP) is 1.84. The number of carbonyl (C=O) groups is 3. The maximum atomic E-state index is 13.8. The van der Waals surface area contributed by atoms with E-state index in [1.807, 2.05) is 6.07 Å². The van der Waals surface area contributed by atoms with Gasteiger partial charge in [0.2, 0.25) is 5.78 Å². The van der Waals surface area contributed by atoms with Crippen LogP contribution in [0, 0.1) is 11.8 Å². The summed E-state index contributed by atoms with van der Waals surface area (Å²) in [4.78, 5) is 40.5. The topological polar surface area (TPSA) is 161 Å². The first-order valence-electron chi connectivity index (χ1n) is 12.1. The number of fused-ring (bicyclic) bond motifs is 3. The van der Waals surface area contributed by atoms with Gasteiger partial charge in [-0.25, -0.2) is 0 Å². The number of benzene rings is 1. The Labute approximate surface area is 210 Å². The molecule has 4 rings (SSSR count). The van der Waals surface area contributed by atoms with Crippen LogP contribution in [0.3, 0.4) is 0 Å². The lowest BCUT2D eigenvalue weighted by molar-refractivity contribution is -0.153. The lowest BCUT2D eigenvalue weighted by Gasteiger charge is -2.50. The molecule has 0 aromatic heterocycles. The Balaban J connectivity index is 1.91. The van der Waals surface area contributed by atoms with Gasteiger partial charge in [-0.05, 0) is 56.5 Å². The Hall–Kier alpha value is -2.95. The second kappa shape index (κ2) is 8.57. The first-order valence-corrected chi connectivity index (χ1v) is 15.8. The third-order valence-corrected chi connectivity index (χ3v) is 9.60. The number of aliphatic hydroxyl groups is 3. The molecule has 1 amide bonds. The minimum Gasteiger partial charge on any atom is -0.508 e. The summed E-state index contributed by atoms with van der Waals surface area (Å²) >= 11 is 0. The average molecular weight is 515 g/mol. The molecule has 0 heterocycles. The van der Waals surface area contributed by atoms with Gasteiger partial charge in [0.25, 0.3) is 5.91 Å². The lowest BCUT2D eigenvalue weighted by Crippen LogP contribution is -2.65. The van der Waals surface area contributed by atoms with Gasteiger partial charge in [-0.1, -0.05) is 31.8 Å². The second-order valence-electron chi connectivity index (χ2n) is 11.6.